The summed E-state index contributed by atoms with van der Waals surface area (Å²) in [5, 5.41) is 20.9. The lowest BCUT2D eigenvalue weighted by molar-refractivity contribution is -0.147. The molecule has 480 valence electrons. The molecule has 4 N–H and O–H groups in total. The number of carbonyl (C=O) groups excluding carboxylic acids is 6. The van der Waals surface area contributed by atoms with Crippen molar-refractivity contribution in [2.24, 2.45) is 5.41 Å². The van der Waals surface area contributed by atoms with Crippen LogP contribution in [0.2, 0.25) is 0 Å². The van der Waals surface area contributed by atoms with Crippen molar-refractivity contribution in [3.05, 3.63) is 154 Å². The molecule has 4 atom stereocenters. The second-order valence-electron chi connectivity index (χ2n) is 24.5. The quantitative estimate of drug-likeness (QED) is 0.0379. The first-order valence-corrected chi connectivity index (χ1v) is 30.3. The van der Waals surface area contributed by atoms with Crippen LogP contribution in [0, 0.1) is 17.0 Å². The number of rotatable bonds is 26. The minimum absolute atomic E-state index is 0.0605. The van der Waals surface area contributed by atoms with Crippen LogP contribution in [0.15, 0.2) is 104 Å². The Bertz CT molecular complexity index is 3460. The number of aryl methyl sites for hydroxylation is 1. The molecule has 6 aromatic rings. The fourth-order valence-electron chi connectivity index (χ4n) is 10.6. The summed E-state index contributed by atoms with van der Waals surface area (Å²) in [5.74, 6) is -1.94. The molecule has 3 heterocycles. The number of nitrogens with zero attached hydrogens (tertiary/aromatic N) is 8. The van der Waals surface area contributed by atoms with E-state index in [1.807, 2.05) is 61.7 Å². The summed E-state index contributed by atoms with van der Waals surface area (Å²) >= 11 is 0. The third kappa shape index (κ3) is 17.9. The van der Waals surface area contributed by atoms with Crippen LogP contribution in [0.3, 0.4) is 0 Å². The molecule has 24 heteroatoms. The van der Waals surface area contributed by atoms with E-state index in [1.165, 1.54) is 29.9 Å². The minimum Gasteiger partial charge on any atom is -0.491 e. The van der Waals surface area contributed by atoms with Crippen molar-refractivity contribution in [2.75, 3.05) is 59.0 Å². The minimum atomic E-state index is -1.08. The van der Waals surface area contributed by atoms with Gasteiger partial charge in [-0.05, 0) is 130 Å². The van der Waals surface area contributed by atoms with E-state index in [4.69, 9.17) is 18.9 Å². The highest BCUT2D eigenvalue weighted by molar-refractivity contribution is 5.96. The van der Waals surface area contributed by atoms with Crippen molar-refractivity contribution in [2.45, 2.75) is 137 Å². The van der Waals surface area contributed by atoms with Gasteiger partial charge in [0.1, 0.15) is 66.3 Å². The van der Waals surface area contributed by atoms with Gasteiger partial charge in [0, 0.05) is 69.7 Å². The summed E-state index contributed by atoms with van der Waals surface area (Å²) < 4.78 is 53.4. The van der Waals surface area contributed by atoms with E-state index < -0.39 is 64.6 Å². The summed E-state index contributed by atoms with van der Waals surface area (Å²) in [6, 6.07) is 22.4. The number of aromatic nitrogens is 5. The highest BCUT2D eigenvalue weighted by atomic mass is 19.1. The van der Waals surface area contributed by atoms with Crippen LogP contribution in [0.25, 0.3) is 11.5 Å². The Morgan fingerprint density at radius 3 is 2.30 bits per heavy atom. The van der Waals surface area contributed by atoms with Crippen molar-refractivity contribution in [3.63, 3.8) is 0 Å². The maximum Gasteiger partial charge on any atom is 0.410 e. The maximum atomic E-state index is 15.1. The summed E-state index contributed by atoms with van der Waals surface area (Å²) in [6.45, 7) is 13.6. The smallest absolute Gasteiger partial charge is 0.410 e. The lowest BCUT2D eigenvalue weighted by Gasteiger charge is -2.42. The van der Waals surface area contributed by atoms with Crippen LogP contribution in [0.1, 0.15) is 118 Å². The van der Waals surface area contributed by atoms with E-state index in [1.54, 1.807) is 81.1 Å². The number of hydrogen-bond acceptors (Lipinski definition) is 15. The molecule has 2 aliphatic rings. The molecule has 22 nitrogen and oxygen atoms in total. The maximum absolute atomic E-state index is 15.1. The number of likely N-dealkylation sites (N-methyl/N-ethyl adjacent to an activating group) is 2. The van der Waals surface area contributed by atoms with Gasteiger partial charge >= 0.3 is 6.09 Å². The summed E-state index contributed by atoms with van der Waals surface area (Å²) in [4.78, 5) is 95.4. The molecular formula is C66H82F2N12O10. The fraction of sp³-hybridized carbons (Fsp3) is 0.455. The van der Waals surface area contributed by atoms with Gasteiger partial charge in [-0.3, -0.25) is 28.9 Å². The number of ether oxygens (including phenoxy) is 4. The number of nitrogens with one attached hydrogen (secondary N) is 4. The van der Waals surface area contributed by atoms with E-state index in [-0.39, 0.29) is 88.1 Å². The zero-order chi connectivity index (χ0) is 64.7. The van der Waals surface area contributed by atoms with Gasteiger partial charge in [0.2, 0.25) is 23.6 Å². The van der Waals surface area contributed by atoms with Crippen LogP contribution in [-0.2, 0) is 72.4 Å². The normalized spacial score (nSPS) is 15.3. The standard InChI is InChI=1S/C66H82F2N12O10/c1-42(78(9)64(86)90-66(5,6)7)60(82)74-58(65(2,3)4)63(85)80-39-46-35-48(25-24-44(46)36-55(80)62(84)73-53-23-13-17-43-16-10-11-20-49(43)53)89-33-32-87-30-31-88-40-57(81)77(8)28-15-29-79-56(75-76-59(79)54-26-27-69-41-72-54)38-70-47-19-12-18-45(34-47)61(83)71-37-50-51(67)21-14-22-52(50)68/h10-12,14,16,18-22,24-27,34-35,41-42,53,55,58,70H,13,15,17,23,28-33,36-40H2,1-9H3,(H,71,83)(H,73,84)(H,74,82)/t42-,53+,55-,58?/m0/s1. The van der Waals surface area contributed by atoms with E-state index >= 15 is 4.79 Å². The summed E-state index contributed by atoms with van der Waals surface area (Å²) in [6.07, 6.45) is 5.65. The van der Waals surface area contributed by atoms with Gasteiger partial charge in [0.25, 0.3) is 5.91 Å². The van der Waals surface area contributed by atoms with Crippen molar-refractivity contribution >= 4 is 41.3 Å². The summed E-state index contributed by atoms with van der Waals surface area (Å²) in [5.41, 5.74) is 3.49. The van der Waals surface area contributed by atoms with Gasteiger partial charge in [-0.1, -0.05) is 63.2 Å². The summed E-state index contributed by atoms with van der Waals surface area (Å²) in [7, 11) is 3.16. The van der Waals surface area contributed by atoms with Gasteiger partial charge in [-0.2, -0.15) is 0 Å². The van der Waals surface area contributed by atoms with Gasteiger partial charge in [-0.15, -0.1) is 10.2 Å². The van der Waals surface area contributed by atoms with Crippen LogP contribution < -0.4 is 26.0 Å². The number of carbonyl (C=O) groups is 6. The molecule has 6 amide bonds. The predicted octanol–water partition coefficient (Wildman–Crippen LogP) is 7.75. The van der Waals surface area contributed by atoms with Gasteiger partial charge < -0.3 is 54.6 Å². The molecule has 0 saturated heterocycles. The molecule has 0 spiro atoms. The van der Waals surface area contributed by atoms with E-state index in [0.717, 1.165) is 48.1 Å². The Kier molecular flexibility index (Phi) is 22.7. The average Bonchev–Trinajstić information content (AvgIpc) is 1.13. The number of hydrogen-bond donors (Lipinski definition) is 4. The number of fused-ring (bicyclic) bond motifs is 2. The first-order chi connectivity index (χ1) is 42.9. The third-order valence-corrected chi connectivity index (χ3v) is 15.7. The molecule has 0 fully saturated rings. The largest absolute Gasteiger partial charge is 0.491 e. The Morgan fingerprint density at radius 2 is 1.56 bits per heavy atom. The first kappa shape index (κ1) is 67.0. The third-order valence-electron chi connectivity index (χ3n) is 15.7. The molecule has 1 aliphatic carbocycles. The Labute approximate surface area is 523 Å². The molecular weight excluding hydrogens is 1160 g/mol. The number of amides is 6. The lowest BCUT2D eigenvalue weighted by atomic mass is 9.83. The van der Waals surface area contributed by atoms with Crippen LogP contribution in [0.5, 0.6) is 5.75 Å². The molecule has 1 aliphatic heterocycles. The number of anilines is 1. The Hall–Kier alpha value is -8.90. The predicted molar refractivity (Wildman–Crippen MR) is 331 cm³/mol. The monoisotopic (exact) mass is 1240 g/mol. The molecule has 2 aromatic heterocycles. The molecule has 4 aromatic carbocycles. The second-order valence-corrected chi connectivity index (χ2v) is 24.5. The fourth-order valence-corrected chi connectivity index (χ4v) is 10.6. The van der Waals surface area contributed by atoms with Crippen molar-refractivity contribution in [1.29, 1.82) is 0 Å². The topological polar surface area (TPSA) is 254 Å². The lowest BCUT2D eigenvalue weighted by Crippen LogP contribution is -2.62. The van der Waals surface area contributed by atoms with Gasteiger partial charge in [-0.25, -0.2) is 23.5 Å². The van der Waals surface area contributed by atoms with Crippen molar-refractivity contribution < 1.29 is 56.5 Å². The Morgan fingerprint density at radius 1 is 0.811 bits per heavy atom. The SMILES string of the molecule is C[C@@H](C(=O)NC(C(=O)N1Cc2cc(OCCOCCOCC(=O)N(C)CCCn3c(CNc4cccc(C(=O)NCc5c(F)cccc5F)c4)nnc3-c3ccncn3)ccc2C[C@H]1C(=O)N[C@@H]1CCCc2ccccc21)C(C)(C)C)N(C)C(=O)OC(C)(C)C. The molecule has 0 bridgehead atoms. The van der Waals surface area contributed by atoms with Crippen LogP contribution in [0.4, 0.5) is 19.3 Å². The molecule has 90 heavy (non-hydrogen) atoms. The van der Waals surface area contributed by atoms with E-state index in [2.05, 4.69) is 47.5 Å². The molecule has 8 rings (SSSR count). The highest BCUT2D eigenvalue weighted by Crippen LogP contribution is 2.34. The van der Waals surface area contributed by atoms with Gasteiger partial charge in [0.15, 0.2) is 11.6 Å². The van der Waals surface area contributed by atoms with Crippen molar-refractivity contribution in [3.8, 4) is 17.3 Å². The van der Waals surface area contributed by atoms with E-state index in [9.17, 15) is 32.8 Å². The second kappa shape index (κ2) is 30.5. The number of benzene rings is 4. The zero-order valence-electron chi connectivity index (χ0n) is 52.6. The van der Waals surface area contributed by atoms with E-state index in [0.29, 0.717) is 48.3 Å². The average molecular weight is 1240 g/mol. The highest BCUT2D eigenvalue weighted by Gasteiger charge is 2.44. The first-order valence-electron chi connectivity index (χ1n) is 30.3. The van der Waals surface area contributed by atoms with Crippen molar-refractivity contribution in [1.82, 2.24) is 55.4 Å². The van der Waals surface area contributed by atoms with Gasteiger partial charge in [0.05, 0.1) is 32.4 Å². The zero-order valence-corrected chi connectivity index (χ0v) is 52.6. The number of halogens is 2. The Balaban J connectivity index is 0.809. The molecule has 1 unspecified atom stereocenters. The van der Waals surface area contributed by atoms with Crippen LogP contribution >= 0.6 is 0 Å². The van der Waals surface area contributed by atoms with Crippen LogP contribution in [-0.4, -0.2) is 152 Å². The molecule has 0 radical (unpaired) electrons. The molecule has 0 saturated carbocycles.